The molecule has 1 aromatic carbocycles. The van der Waals surface area contributed by atoms with Gasteiger partial charge in [-0.25, -0.2) is 0 Å². The van der Waals surface area contributed by atoms with Crippen LogP contribution in [-0.2, 0) is 6.42 Å². The summed E-state index contributed by atoms with van der Waals surface area (Å²) in [6, 6.07) is 6.56. The fourth-order valence-corrected chi connectivity index (χ4v) is 2.81. The molecule has 3 heteroatoms. The molecule has 0 saturated carbocycles. The number of thioether (sulfide) groups is 1. The average Bonchev–Trinajstić information content (AvgIpc) is 2.66. The Kier molecular flexibility index (Phi) is 4.35. The molecule has 94 valence electrons. The number of aryl methyl sites for hydroxylation is 1. The lowest BCUT2D eigenvalue weighted by atomic mass is 10.1. The quantitative estimate of drug-likeness (QED) is 0.816. The van der Waals surface area contributed by atoms with E-state index in [0.717, 1.165) is 31.0 Å². The zero-order valence-corrected chi connectivity index (χ0v) is 11.4. The van der Waals surface area contributed by atoms with E-state index in [2.05, 4.69) is 26.0 Å². The highest BCUT2D eigenvalue weighted by atomic mass is 32.2. The van der Waals surface area contributed by atoms with Gasteiger partial charge < -0.3 is 10.5 Å². The minimum atomic E-state index is 0.232. The van der Waals surface area contributed by atoms with Gasteiger partial charge in [-0.1, -0.05) is 19.9 Å². The lowest BCUT2D eigenvalue weighted by molar-refractivity contribution is 0.343. The van der Waals surface area contributed by atoms with Crippen LogP contribution in [0.15, 0.2) is 18.2 Å². The van der Waals surface area contributed by atoms with Crippen LogP contribution in [0.25, 0.3) is 0 Å². The summed E-state index contributed by atoms with van der Waals surface area (Å²) in [5.41, 5.74) is 8.67. The molecule has 2 nitrogen and oxygen atoms in total. The Morgan fingerprint density at radius 1 is 1.47 bits per heavy atom. The van der Waals surface area contributed by atoms with Gasteiger partial charge >= 0.3 is 0 Å². The van der Waals surface area contributed by atoms with E-state index in [4.69, 9.17) is 10.5 Å². The Bertz CT molecular complexity index is 378. The molecule has 2 rings (SSSR count). The van der Waals surface area contributed by atoms with E-state index >= 15 is 0 Å². The lowest BCUT2D eigenvalue weighted by Crippen LogP contribution is -2.05. The standard InChI is InChI=1S/C14H21NOS/c1-10(2)17-8-7-16-12-4-5-13-11(9-12)3-6-14(13)15/h4-5,9-10,14H,3,6-8,15H2,1-2H3. The average molecular weight is 251 g/mol. The molecule has 1 aliphatic carbocycles. The number of benzene rings is 1. The highest BCUT2D eigenvalue weighted by Crippen LogP contribution is 2.31. The molecule has 2 N–H and O–H groups in total. The molecule has 0 amide bonds. The van der Waals surface area contributed by atoms with Crippen molar-refractivity contribution in [2.75, 3.05) is 12.4 Å². The van der Waals surface area contributed by atoms with E-state index in [1.807, 2.05) is 17.8 Å². The Labute approximate surface area is 108 Å². The number of hydrogen-bond acceptors (Lipinski definition) is 3. The van der Waals surface area contributed by atoms with Gasteiger partial charge in [-0.2, -0.15) is 11.8 Å². The molecule has 0 radical (unpaired) electrons. The summed E-state index contributed by atoms with van der Waals surface area (Å²) in [6.45, 7) is 5.20. The van der Waals surface area contributed by atoms with E-state index in [9.17, 15) is 0 Å². The molecule has 0 bridgehead atoms. The van der Waals surface area contributed by atoms with Crippen LogP contribution in [0.3, 0.4) is 0 Å². The number of fused-ring (bicyclic) bond motifs is 1. The van der Waals surface area contributed by atoms with Crippen LogP contribution in [0.5, 0.6) is 5.75 Å². The molecule has 0 saturated heterocycles. The second-order valence-electron chi connectivity index (χ2n) is 4.77. The van der Waals surface area contributed by atoms with Crippen molar-refractivity contribution in [3.8, 4) is 5.75 Å². The van der Waals surface area contributed by atoms with Crippen LogP contribution < -0.4 is 10.5 Å². The van der Waals surface area contributed by atoms with Crippen LogP contribution in [0.4, 0.5) is 0 Å². The first-order chi connectivity index (χ1) is 8.16. The Hall–Kier alpha value is -0.670. The lowest BCUT2D eigenvalue weighted by Gasteiger charge is -2.10. The second kappa shape index (κ2) is 5.78. The SMILES string of the molecule is CC(C)SCCOc1ccc2c(c1)CCC2N. The highest BCUT2D eigenvalue weighted by molar-refractivity contribution is 7.99. The van der Waals surface area contributed by atoms with Crippen LogP contribution >= 0.6 is 11.8 Å². The summed E-state index contributed by atoms with van der Waals surface area (Å²) >= 11 is 1.93. The molecule has 1 unspecified atom stereocenters. The van der Waals surface area contributed by atoms with Crippen molar-refractivity contribution in [3.63, 3.8) is 0 Å². The number of rotatable bonds is 5. The molecular weight excluding hydrogens is 230 g/mol. The molecule has 1 aliphatic rings. The maximum Gasteiger partial charge on any atom is 0.119 e. The molecule has 0 heterocycles. The first-order valence-corrected chi connectivity index (χ1v) is 7.34. The van der Waals surface area contributed by atoms with Gasteiger partial charge in [0.05, 0.1) is 6.61 Å². The van der Waals surface area contributed by atoms with Gasteiger partial charge in [0, 0.05) is 11.8 Å². The van der Waals surface area contributed by atoms with Gasteiger partial charge in [0.15, 0.2) is 0 Å². The van der Waals surface area contributed by atoms with Crippen LogP contribution in [-0.4, -0.2) is 17.6 Å². The third-order valence-corrected chi connectivity index (χ3v) is 4.11. The maximum absolute atomic E-state index is 6.01. The van der Waals surface area contributed by atoms with Crippen molar-refractivity contribution in [1.29, 1.82) is 0 Å². The fourth-order valence-electron chi connectivity index (χ4n) is 2.16. The molecular formula is C14H21NOS. The molecule has 0 aliphatic heterocycles. The number of nitrogens with two attached hydrogens (primary N) is 1. The topological polar surface area (TPSA) is 35.2 Å². The molecule has 1 atom stereocenters. The van der Waals surface area contributed by atoms with Crippen molar-refractivity contribution in [2.45, 2.75) is 38.0 Å². The predicted octanol–water partition coefficient (Wildman–Crippen LogP) is 3.15. The number of hydrogen-bond donors (Lipinski definition) is 1. The maximum atomic E-state index is 6.01. The van der Waals surface area contributed by atoms with E-state index < -0.39 is 0 Å². The predicted molar refractivity (Wildman–Crippen MR) is 74.8 cm³/mol. The summed E-state index contributed by atoms with van der Waals surface area (Å²) in [4.78, 5) is 0. The number of ether oxygens (including phenoxy) is 1. The van der Waals surface area contributed by atoms with Gasteiger partial charge in [-0.15, -0.1) is 0 Å². The van der Waals surface area contributed by atoms with Crippen LogP contribution in [0.2, 0.25) is 0 Å². The van der Waals surface area contributed by atoms with Gasteiger partial charge in [0.2, 0.25) is 0 Å². The minimum Gasteiger partial charge on any atom is -0.493 e. The van der Waals surface area contributed by atoms with Gasteiger partial charge in [-0.05, 0) is 41.4 Å². The monoisotopic (exact) mass is 251 g/mol. The Morgan fingerprint density at radius 3 is 3.06 bits per heavy atom. The van der Waals surface area contributed by atoms with Crippen LogP contribution in [0, 0.1) is 0 Å². The van der Waals surface area contributed by atoms with Gasteiger partial charge in [0.25, 0.3) is 0 Å². The summed E-state index contributed by atoms with van der Waals surface area (Å²) in [7, 11) is 0. The largest absolute Gasteiger partial charge is 0.493 e. The van der Waals surface area contributed by atoms with Crippen molar-refractivity contribution in [2.24, 2.45) is 5.73 Å². The van der Waals surface area contributed by atoms with Crippen molar-refractivity contribution in [3.05, 3.63) is 29.3 Å². The van der Waals surface area contributed by atoms with Crippen molar-refractivity contribution >= 4 is 11.8 Å². The van der Waals surface area contributed by atoms with E-state index in [-0.39, 0.29) is 6.04 Å². The molecule has 1 aromatic rings. The van der Waals surface area contributed by atoms with E-state index in [1.165, 1.54) is 11.1 Å². The third-order valence-electron chi connectivity index (χ3n) is 3.04. The Balaban J connectivity index is 1.86. The van der Waals surface area contributed by atoms with Crippen molar-refractivity contribution < 1.29 is 4.74 Å². The molecule has 0 fully saturated rings. The molecule has 0 spiro atoms. The Morgan fingerprint density at radius 2 is 2.29 bits per heavy atom. The highest BCUT2D eigenvalue weighted by Gasteiger charge is 2.18. The zero-order valence-electron chi connectivity index (χ0n) is 10.6. The van der Waals surface area contributed by atoms with Crippen molar-refractivity contribution in [1.82, 2.24) is 0 Å². The first-order valence-electron chi connectivity index (χ1n) is 6.29. The minimum absolute atomic E-state index is 0.232. The van der Waals surface area contributed by atoms with Gasteiger partial charge in [0.1, 0.15) is 5.75 Å². The first kappa shape index (κ1) is 12.8. The zero-order chi connectivity index (χ0) is 12.3. The normalized spacial score (nSPS) is 18.5. The summed E-state index contributed by atoms with van der Waals surface area (Å²) in [6.07, 6.45) is 2.16. The van der Waals surface area contributed by atoms with Crippen LogP contribution in [0.1, 0.15) is 37.4 Å². The molecule has 0 aromatic heterocycles. The van der Waals surface area contributed by atoms with E-state index in [1.54, 1.807) is 0 Å². The molecule has 17 heavy (non-hydrogen) atoms. The third kappa shape index (κ3) is 3.39. The van der Waals surface area contributed by atoms with Gasteiger partial charge in [-0.3, -0.25) is 0 Å². The summed E-state index contributed by atoms with van der Waals surface area (Å²) in [5, 5.41) is 0.677. The van der Waals surface area contributed by atoms with E-state index in [0.29, 0.717) is 5.25 Å². The second-order valence-corrected chi connectivity index (χ2v) is 6.46. The summed E-state index contributed by atoms with van der Waals surface area (Å²) < 4.78 is 5.76. The smallest absolute Gasteiger partial charge is 0.119 e. The summed E-state index contributed by atoms with van der Waals surface area (Å²) in [5.74, 6) is 2.04. The fraction of sp³-hybridized carbons (Fsp3) is 0.571.